The van der Waals surface area contributed by atoms with Crippen LogP contribution >= 0.6 is 0 Å². The highest BCUT2D eigenvalue weighted by Gasteiger charge is 2.42. The van der Waals surface area contributed by atoms with Crippen molar-refractivity contribution in [3.05, 3.63) is 144 Å². The molecule has 0 aliphatic rings. The number of nitrogens with two attached hydrogens (primary N) is 1. The minimum absolute atomic E-state index is 0.231. The highest BCUT2D eigenvalue weighted by atomic mass is 14.7. The van der Waals surface area contributed by atoms with Gasteiger partial charge in [-0.25, -0.2) is 0 Å². The van der Waals surface area contributed by atoms with E-state index in [4.69, 9.17) is 5.73 Å². The SMILES string of the molecule is NC(c1ccccc1)C(c1ccccc1)(c1ccccc1)c1ccccc1. The fourth-order valence-corrected chi connectivity index (χ4v) is 4.05. The monoisotopic (exact) mass is 349 g/mol. The van der Waals surface area contributed by atoms with Gasteiger partial charge in [-0.05, 0) is 22.3 Å². The van der Waals surface area contributed by atoms with Gasteiger partial charge in [0.25, 0.3) is 0 Å². The van der Waals surface area contributed by atoms with Crippen molar-refractivity contribution < 1.29 is 0 Å². The second kappa shape index (κ2) is 7.61. The van der Waals surface area contributed by atoms with Crippen LogP contribution in [0, 0.1) is 0 Å². The number of benzene rings is 4. The lowest BCUT2D eigenvalue weighted by Crippen LogP contribution is -2.41. The van der Waals surface area contributed by atoms with E-state index in [-0.39, 0.29) is 6.04 Å². The predicted octanol–water partition coefficient (Wildman–Crippen LogP) is 5.72. The molecule has 0 saturated heterocycles. The van der Waals surface area contributed by atoms with Crippen LogP contribution in [0.5, 0.6) is 0 Å². The van der Waals surface area contributed by atoms with Crippen molar-refractivity contribution in [1.82, 2.24) is 0 Å². The van der Waals surface area contributed by atoms with Crippen LogP contribution < -0.4 is 5.73 Å². The van der Waals surface area contributed by atoms with Gasteiger partial charge in [0.15, 0.2) is 0 Å². The lowest BCUT2D eigenvalue weighted by molar-refractivity contribution is 0.492. The van der Waals surface area contributed by atoms with Gasteiger partial charge in [-0.3, -0.25) is 0 Å². The molecule has 1 atom stereocenters. The van der Waals surface area contributed by atoms with Gasteiger partial charge in [-0.1, -0.05) is 121 Å². The minimum Gasteiger partial charge on any atom is -0.323 e. The van der Waals surface area contributed by atoms with E-state index in [2.05, 4.69) is 115 Å². The van der Waals surface area contributed by atoms with Crippen LogP contribution in [-0.4, -0.2) is 0 Å². The molecule has 4 rings (SSSR count). The first-order valence-electron chi connectivity index (χ1n) is 9.30. The van der Waals surface area contributed by atoms with E-state index >= 15 is 0 Å². The van der Waals surface area contributed by atoms with Crippen molar-refractivity contribution in [3.63, 3.8) is 0 Å². The summed E-state index contributed by atoms with van der Waals surface area (Å²) in [5.74, 6) is 0. The maximum Gasteiger partial charge on any atom is 0.0643 e. The molecule has 0 bridgehead atoms. The van der Waals surface area contributed by atoms with E-state index in [9.17, 15) is 0 Å². The average Bonchev–Trinajstić information content (AvgIpc) is 2.77. The van der Waals surface area contributed by atoms with Gasteiger partial charge in [0.05, 0.1) is 5.41 Å². The Morgan fingerprint density at radius 3 is 1.07 bits per heavy atom. The molecule has 27 heavy (non-hydrogen) atoms. The van der Waals surface area contributed by atoms with E-state index in [0.717, 1.165) is 5.56 Å². The van der Waals surface area contributed by atoms with Crippen LogP contribution in [0.2, 0.25) is 0 Å². The second-order valence-electron chi connectivity index (χ2n) is 6.79. The summed E-state index contributed by atoms with van der Waals surface area (Å²) in [6, 6.07) is 42.0. The lowest BCUT2D eigenvalue weighted by atomic mass is 9.63. The summed E-state index contributed by atoms with van der Waals surface area (Å²) >= 11 is 0. The van der Waals surface area contributed by atoms with Crippen molar-refractivity contribution in [2.24, 2.45) is 5.73 Å². The molecular formula is C26H23N. The molecule has 1 nitrogen and oxygen atoms in total. The van der Waals surface area contributed by atoms with Crippen LogP contribution in [0.25, 0.3) is 0 Å². The maximum absolute atomic E-state index is 7.07. The fourth-order valence-electron chi connectivity index (χ4n) is 4.05. The summed E-state index contributed by atoms with van der Waals surface area (Å²) in [6.07, 6.45) is 0. The molecule has 1 heteroatoms. The molecule has 2 N–H and O–H groups in total. The van der Waals surface area contributed by atoms with E-state index in [1.807, 2.05) is 6.07 Å². The minimum atomic E-state index is -0.481. The molecule has 4 aromatic carbocycles. The van der Waals surface area contributed by atoms with Crippen LogP contribution in [0.3, 0.4) is 0 Å². The molecule has 0 aliphatic carbocycles. The first-order valence-corrected chi connectivity index (χ1v) is 9.30. The first-order chi connectivity index (χ1) is 13.3. The van der Waals surface area contributed by atoms with Crippen molar-refractivity contribution in [2.75, 3.05) is 0 Å². The number of hydrogen-bond acceptors (Lipinski definition) is 1. The maximum atomic E-state index is 7.07. The fraction of sp³-hybridized carbons (Fsp3) is 0.0769. The zero-order chi connectivity index (χ0) is 18.5. The van der Waals surface area contributed by atoms with Crippen LogP contribution in [-0.2, 0) is 5.41 Å². The van der Waals surface area contributed by atoms with Crippen molar-refractivity contribution in [1.29, 1.82) is 0 Å². The third-order valence-corrected chi connectivity index (χ3v) is 5.31. The molecule has 0 aliphatic heterocycles. The molecule has 0 radical (unpaired) electrons. The Morgan fingerprint density at radius 1 is 0.444 bits per heavy atom. The topological polar surface area (TPSA) is 26.0 Å². The van der Waals surface area contributed by atoms with Crippen LogP contribution in [0.1, 0.15) is 28.3 Å². The number of hydrogen-bond donors (Lipinski definition) is 1. The quantitative estimate of drug-likeness (QED) is 0.458. The van der Waals surface area contributed by atoms with E-state index in [0.29, 0.717) is 0 Å². The standard InChI is InChI=1S/C26H23N/c27-25(21-13-5-1-6-14-21)26(22-15-7-2-8-16-22,23-17-9-3-10-18-23)24-19-11-4-12-20-24/h1-20,25H,27H2. The van der Waals surface area contributed by atoms with E-state index in [1.165, 1.54) is 16.7 Å². The Kier molecular flexibility index (Phi) is 4.86. The normalized spacial score (nSPS) is 12.5. The predicted molar refractivity (Wildman–Crippen MR) is 113 cm³/mol. The van der Waals surface area contributed by atoms with Gasteiger partial charge < -0.3 is 5.73 Å². The molecule has 0 fully saturated rings. The molecule has 0 aromatic heterocycles. The Bertz CT molecular complexity index is 867. The average molecular weight is 349 g/mol. The highest BCUT2D eigenvalue weighted by Crippen LogP contribution is 2.47. The Labute approximate surface area is 161 Å². The lowest BCUT2D eigenvalue weighted by Gasteiger charge is -2.41. The van der Waals surface area contributed by atoms with Gasteiger partial charge in [0.2, 0.25) is 0 Å². The van der Waals surface area contributed by atoms with Crippen molar-refractivity contribution in [3.8, 4) is 0 Å². The molecule has 1 unspecified atom stereocenters. The van der Waals surface area contributed by atoms with Gasteiger partial charge >= 0.3 is 0 Å². The summed E-state index contributed by atoms with van der Waals surface area (Å²) in [5.41, 5.74) is 11.3. The third kappa shape index (κ3) is 3.07. The van der Waals surface area contributed by atoms with Crippen molar-refractivity contribution in [2.45, 2.75) is 11.5 Å². The molecule has 0 amide bonds. The molecular weight excluding hydrogens is 326 g/mol. The molecule has 0 heterocycles. The molecule has 0 saturated carbocycles. The largest absolute Gasteiger partial charge is 0.323 e. The Morgan fingerprint density at radius 2 is 0.741 bits per heavy atom. The highest BCUT2D eigenvalue weighted by molar-refractivity contribution is 5.54. The molecule has 132 valence electrons. The van der Waals surface area contributed by atoms with Gasteiger partial charge in [0.1, 0.15) is 0 Å². The number of rotatable bonds is 5. The Hall–Kier alpha value is -3.16. The summed E-state index contributed by atoms with van der Waals surface area (Å²) < 4.78 is 0. The Balaban J connectivity index is 2.07. The first kappa shape index (κ1) is 17.3. The van der Waals surface area contributed by atoms with Crippen LogP contribution in [0.4, 0.5) is 0 Å². The van der Waals surface area contributed by atoms with E-state index in [1.54, 1.807) is 0 Å². The van der Waals surface area contributed by atoms with Crippen LogP contribution in [0.15, 0.2) is 121 Å². The summed E-state index contributed by atoms with van der Waals surface area (Å²) in [4.78, 5) is 0. The second-order valence-corrected chi connectivity index (χ2v) is 6.79. The smallest absolute Gasteiger partial charge is 0.0643 e. The summed E-state index contributed by atoms with van der Waals surface area (Å²) in [6.45, 7) is 0. The van der Waals surface area contributed by atoms with Gasteiger partial charge in [-0.15, -0.1) is 0 Å². The zero-order valence-electron chi connectivity index (χ0n) is 15.2. The molecule has 4 aromatic rings. The van der Waals surface area contributed by atoms with E-state index < -0.39 is 5.41 Å². The summed E-state index contributed by atoms with van der Waals surface area (Å²) in [5, 5.41) is 0. The van der Waals surface area contributed by atoms with Crippen molar-refractivity contribution >= 4 is 0 Å². The van der Waals surface area contributed by atoms with Gasteiger partial charge in [-0.2, -0.15) is 0 Å². The van der Waals surface area contributed by atoms with Gasteiger partial charge in [0, 0.05) is 6.04 Å². The zero-order valence-corrected chi connectivity index (χ0v) is 15.2. The third-order valence-electron chi connectivity index (χ3n) is 5.31. The molecule has 0 spiro atoms. The summed E-state index contributed by atoms with van der Waals surface area (Å²) in [7, 11) is 0.